The minimum absolute atomic E-state index is 0.00864. The molecule has 1 N–H and O–H groups in total. The first kappa shape index (κ1) is 15.9. The summed E-state index contributed by atoms with van der Waals surface area (Å²) in [4.78, 5) is 0. The van der Waals surface area contributed by atoms with E-state index in [1.54, 1.807) is 0 Å². The fourth-order valence-electron chi connectivity index (χ4n) is 2.50. The van der Waals surface area contributed by atoms with Crippen LogP contribution in [-0.4, -0.2) is 16.8 Å². The number of nitrogens with zero attached hydrogens (tertiary/aromatic N) is 1. The summed E-state index contributed by atoms with van der Waals surface area (Å²) in [5.74, 6) is 0. The normalized spacial score (nSPS) is 15.6. The van der Waals surface area contributed by atoms with Gasteiger partial charge in [0.15, 0.2) is 0 Å². The van der Waals surface area contributed by atoms with Crippen LogP contribution >= 0.6 is 0 Å². The van der Waals surface area contributed by atoms with Crippen LogP contribution in [0.5, 0.6) is 0 Å². The SMILES string of the molecule is FC(F)(F)c1ccc(C(F)(F)F)c(-c2n[nH]c3c2COCC3)c1. The molecule has 0 fully saturated rings. The van der Waals surface area contributed by atoms with E-state index in [1.165, 1.54) is 0 Å². The molecule has 2 heterocycles. The quantitative estimate of drug-likeness (QED) is 0.793. The topological polar surface area (TPSA) is 37.9 Å². The van der Waals surface area contributed by atoms with Crippen molar-refractivity contribution >= 4 is 0 Å². The standard InChI is InChI=1S/C14H10F6N2O/c15-13(16,17)7-1-2-10(14(18,19)20)8(5-7)12-9-6-23-4-3-11(9)21-22-12/h1-2,5H,3-4,6H2,(H,21,22). The zero-order chi connectivity index (χ0) is 16.8. The van der Waals surface area contributed by atoms with Crippen LogP contribution in [0.4, 0.5) is 26.3 Å². The van der Waals surface area contributed by atoms with E-state index < -0.39 is 29.0 Å². The molecule has 2 aromatic rings. The Kier molecular flexibility index (Phi) is 3.62. The van der Waals surface area contributed by atoms with Gasteiger partial charge in [0.25, 0.3) is 0 Å². The van der Waals surface area contributed by atoms with Gasteiger partial charge in [-0.3, -0.25) is 5.10 Å². The van der Waals surface area contributed by atoms with E-state index in [4.69, 9.17) is 4.74 Å². The molecule has 0 bridgehead atoms. The number of halogens is 6. The Morgan fingerprint density at radius 2 is 1.78 bits per heavy atom. The van der Waals surface area contributed by atoms with Crippen molar-refractivity contribution in [2.24, 2.45) is 0 Å². The first-order chi connectivity index (χ1) is 10.7. The number of hydrogen-bond acceptors (Lipinski definition) is 2. The third kappa shape index (κ3) is 2.92. The van der Waals surface area contributed by atoms with Crippen LogP contribution in [0.15, 0.2) is 18.2 Å². The van der Waals surface area contributed by atoms with Gasteiger partial charge in [-0.2, -0.15) is 31.4 Å². The maximum atomic E-state index is 13.2. The lowest BCUT2D eigenvalue weighted by Crippen LogP contribution is -2.13. The van der Waals surface area contributed by atoms with Crippen LogP contribution in [0.2, 0.25) is 0 Å². The van der Waals surface area contributed by atoms with Crippen molar-refractivity contribution < 1.29 is 31.1 Å². The highest BCUT2D eigenvalue weighted by atomic mass is 19.4. The van der Waals surface area contributed by atoms with Crippen molar-refractivity contribution in [1.82, 2.24) is 10.2 Å². The highest BCUT2D eigenvalue weighted by molar-refractivity contribution is 5.69. The summed E-state index contributed by atoms with van der Waals surface area (Å²) < 4.78 is 83.2. The summed E-state index contributed by atoms with van der Waals surface area (Å²) in [6, 6.07) is 1.33. The second-order valence-electron chi connectivity index (χ2n) is 5.09. The van der Waals surface area contributed by atoms with Crippen molar-refractivity contribution in [2.45, 2.75) is 25.4 Å². The summed E-state index contributed by atoms with van der Waals surface area (Å²) in [6.45, 7) is 0.387. The van der Waals surface area contributed by atoms with E-state index in [1.807, 2.05) is 0 Å². The fourth-order valence-corrected chi connectivity index (χ4v) is 2.50. The van der Waals surface area contributed by atoms with E-state index >= 15 is 0 Å². The molecule has 0 saturated heterocycles. The molecule has 0 unspecified atom stereocenters. The molecule has 0 atom stereocenters. The minimum atomic E-state index is -4.79. The van der Waals surface area contributed by atoms with Gasteiger partial charge in [-0.1, -0.05) is 0 Å². The largest absolute Gasteiger partial charge is 0.417 e. The number of benzene rings is 1. The van der Waals surface area contributed by atoms with Crippen LogP contribution in [0.3, 0.4) is 0 Å². The van der Waals surface area contributed by atoms with E-state index in [9.17, 15) is 26.3 Å². The number of alkyl halides is 6. The molecule has 0 amide bonds. The van der Waals surface area contributed by atoms with Gasteiger partial charge in [0.2, 0.25) is 0 Å². The summed E-state index contributed by atoms with van der Waals surface area (Å²) in [7, 11) is 0. The monoisotopic (exact) mass is 336 g/mol. The number of ether oxygens (including phenoxy) is 1. The second-order valence-corrected chi connectivity index (χ2v) is 5.09. The Hall–Kier alpha value is -2.03. The lowest BCUT2D eigenvalue weighted by molar-refractivity contribution is -0.141. The Labute approximate surface area is 126 Å². The van der Waals surface area contributed by atoms with Crippen LogP contribution in [-0.2, 0) is 30.1 Å². The number of H-pyrrole nitrogens is 1. The molecule has 0 aliphatic carbocycles. The summed E-state index contributed by atoms with van der Waals surface area (Å²) >= 11 is 0. The fraction of sp³-hybridized carbons (Fsp3) is 0.357. The molecule has 0 spiro atoms. The van der Waals surface area contributed by atoms with Gasteiger partial charge in [0.1, 0.15) is 0 Å². The Bertz CT molecular complexity index is 732. The Balaban J connectivity index is 2.21. The van der Waals surface area contributed by atoms with Gasteiger partial charge in [0, 0.05) is 23.2 Å². The molecular weight excluding hydrogens is 326 g/mol. The molecule has 1 aromatic carbocycles. The lowest BCUT2D eigenvalue weighted by atomic mass is 9.96. The number of nitrogens with one attached hydrogen (secondary N) is 1. The Morgan fingerprint density at radius 3 is 2.43 bits per heavy atom. The van der Waals surface area contributed by atoms with Crippen LogP contribution in [0.25, 0.3) is 11.3 Å². The molecule has 23 heavy (non-hydrogen) atoms. The average molecular weight is 336 g/mol. The molecule has 1 aliphatic rings. The summed E-state index contributed by atoms with van der Waals surface area (Å²) in [5, 5.41) is 6.38. The summed E-state index contributed by atoms with van der Waals surface area (Å²) in [5.41, 5.74) is -2.13. The van der Waals surface area contributed by atoms with Crippen molar-refractivity contribution in [3.05, 3.63) is 40.6 Å². The van der Waals surface area contributed by atoms with Crippen LogP contribution < -0.4 is 0 Å². The van der Waals surface area contributed by atoms with Crippen molar-refractivity contribution in [3.63, 3.8) is 0 Å². The molecule has 9 heteroatoms. The van der Waals surface area contributed by atoms with E-state index in [2.05, 4.69) is 10.2 Å². The van der Waals surface area contributed by atoms with Crippen LogP contribution in [0, 0.1) is 0 Å². The molecule has 0 radical (unpaired) electrons. The van der Waals surface area contributed by atoms with E-state index in [0.29, 0.717) is 42.5 Å². The van der Waals surface area contributed by atoms with Gasteiger partial charge in [-0.25, -0.2) is 0 Å². The molecule has 3 nitrogen and oxygen atoms in total. The molecular formula is C14H10F6N2O. The van der Waals surface area contributed by atoms with Gasteiger partial charge in [-0.15, -0.1) is 0 Å². The number of fused-ring (bicyclic) bond motifs is 1. The number of rotatable bonds is 1. The zero-order valence-electron chi connectivity index (χ0n) is 11.5. The third-order valence-electron chi connectivity index (χ3n) is 3.60. The minimum Gasteiger partial charge on any atom is -0.376 e. The summed E-state index contributed by atoms with van der Waals surface area (Å²) in [6.07, 6.45) is -9.12. The Morgan fingerprint density at radius 1 is 1.04 bits per heavy atom. The molecule has 124 valence electrons. The predicted molar refractivity (Wildman–Crippen MR) is 67.4 cm³/mol. The maximum Gasteiger partial charge on any atom is 0.417 e. The highest BCUT2D eigenvalue weighted by Crippen LogP contribution is 2.41. The van der Waals surface area contributed by atoms with Crippen molar-refractivity contribution in [3.8, 4) is 11.3 Å². The molecule has 3 rings (SSSR count). The smallest absolute Gasteiger partial charge is 0.376 e. The first-order valence-corrected chi connectivity index (χ1v) is 6.60. The van der Waals surface area contributed by atoms with Gasteiger partial charge in [-0.05, 0) is 18.2 Å². The van der Waals surface area contributed by atoms with Gasteiger partial charge < -0.3 is 4.74 Å². The molecule has 1 aromatic heterocycles. The second kappa shape index (κ2) is 5.26. The third-order valence-corrected chi connectivity index (χ3v) is 3.60. The molecule has 1 aliphatic heterocycles. The maximum absolute atomic E-state index is 13.2. The van der Waals surface area contributed by atoms with Gasteiger partial charge >= 0.3 is 12.4 Å². The molecule has 0 saturated carbocycles. The van der Waals surface area contributed by atoms with E-state index in [0.717, 1.165) is 0 Å². The van der Waals surface area contributed by atoms with Gasteiger partial charge in [0.05, 0.1) is 30.0 Å². The zero-order valence-corrected chi connectivity index (χ0v) is 11.5. The lowest BCUT2D eigenvalue weighted by Gasteiger charge is -2.17. The number of aromatic nitrogens is 2. The highest BCUT2D eigenvalue weighted by Gasteiger charge is 2.38. The average Bonchev–Trinajstić information content (AvgIpc) is 2.88. The van der Waals surface area contributed by atoms with E-state index in [-0.39, 0.29) is 12.3 Å². The number of aromatic amines is 1. The van der Waals surface area contributed by atoms with Crippen molar-refractivity contribution in [1.29, 1.82) is 0 Å². The first-order valence-electron chi connectivity index (χ1n) is 6.60. The van der Waals surface area contributed by atoms with Crippen molar-refractivity contribution in [2.75, 3.05) is 6.61 Å². The predicted octanol–water partition coefficient (Wildman–Crippen LogP) is 4.19. The van der Waals surface area contributed by atoms with Crippen LogP contribution in [0.1, 0.15) is 22.4 Å². The number of hydrogen-bond donors (Lipinski definition) is 1.